The van der Waals surface area contributed by atoms with Gasteiger partial charge in [0.05, 0.1) is 12.9 Å². The molecule has 4 nitrogen and oxygen atoms in total. The SMILES string of the molecule is CS(=O)(=O)OCCc1ccc2cc[nH]c2c1. The number of rotatable bonds is 4. The third kappa shape index (κ3) is 2.84. The van der Waals surface area contributed by atoms with Crippen LogP contribution in [-0.4, -0.2) is 26.3 Å². The summed E-state index contributed by atoms with van der Waals surface area (Å²) in [6.07, 6.45) is 3.52. The largest absolute Gasteiger partial charge is 0.361 e. The molecule has 0 spiro atoms. The van der Waals surface area contributed by atoms with Crippen molar-refractivity contribution in [1.29, 1.82) is 0 Å². The molecule has 1 heterocycles. The van der Waals surface area contributed by atoms with Crippen molar-refractivity contribution >= 4 is 21.0 Å². The minimum absolute atomic E-state index is 0.186. The van der Waals surface area contributed by atoms with E-state index < -0.39 is 10.1 Å². The lowest BCUT2D eigenvalue weighted by atomic mass is 10.1. The molecule has 0 fully saturated rings. The molecule has 0 unspecified atom stereocenters. The van der Waals surface area contributed by atoms with Gasteiger partial charge >= 0.3 is 0 Å². The quantitative estimate of drug-likeness (QED) is 0.826. The molecule has 0 saturated heterocycles. The van der Waals surface area contributed by atoms with Gasteiger partial charge < -0.3 is 4.98 Å². The van der Waals surface area contributed by atoms with Gasteiger partial charge in [0.25, 0.3) is 10.1 Å². The Labute approximate surface area is 94.4 Å². The molecule has 0 radical (unpaired) electrons. The minimum Gasteiger partial charge on any atom is -0.361 e. The van der Waals surface area contributed by atoms with Crippen molar-refractivity contribution in [3.8, 4) is 0 Å². The Bertz CT molecular complexity index is 586. The molecule has 0 atom stereocenters. The Balaban J connectivity index is 2.04. The standard InChI is InChI=1S/C11H13NO3S/c1-16(13,14)15-7-5-9-2-3-10-4-6-12-11(10)8-9/h2-4,6,8,12H,5,7H2,1H3. The van der Waals surface area contributed by atoms with Crippen LogP contribution in [0, 0.1) is 0 Å². The fraction of sp³-hybridized carbons (Fsp3) is 0.273. The second-order valence-electron chi connectivity index (χ2n) is 3.68. The van der Waals surface area contributed by atoms with Crippen molar-refractivity contribution in [1.82, 2.24) is 4.98 Å². The summed E-state index contributed by atoms with van der Waals surface area (Å²) in [6.45, 7) is 0.186. The Morgan fingerprint density at radius 1 is 1.31 bits per heavy atom. The summed E-state index contributed by atoms with van der Waals surface area (Å²) < 4.78 is 26.2. The number of benzene rings is 1. The molecule has 16 heavy (non-hydrogen) atoms. The number of hydrogen-bond donors (Lipinski definition) is 1. The molecule has 0 saturated carbocycles. The molecule has 2 aromatic rings. The van der Waals surface area contributed by atoms with Crippen LogP contribution in [0.1, 0.15) is 5.56 Å². The van der Waals surface area contributed by atoms with E-state index in [0.717, 1.165) is 22.7 Å². The Morgan fingerprint density at radius 2 is 2.12 bits per heavy atom. The van der Waals surface area contributed by atoms with Gasteiger partial charge in [-0.25, -0.2) is 0 Å². The number of hydrogen-bond acceptors (Lipinski definition) is 3. The highest BCUT2D eigenvalue weighted by molar-refractivity contribution is 7.85. The second kappa shape index (κ2) is 4.27. The normalized spacial score (nSPS) is 12.1. The zero-order chi connectivity index (χ0) is 11.6. The first-order chi connectivity index (χ1) is 7.54. The van der Waals surface area contributed by atoms with Crippen molar-refractivity contribution in [3.05, 3.63) is 36.0 Å². The lowest BCUT2D eigenvalue weighted by Crippen LogP contribution is -2.06. The van der Waals surface area contributed by atoms with E-state index in [1.165, 1.54) is 0 Å². The Kier molecular flexibility index (Phi) is 2.98. The molecule has 1 aromatic carbocycles. The first kappa shape index (κ1) is 11.2. The first-order valence-electron chi connectivity index (χ1n) is 4.95. The summed E-state index contributed by atoms with van der Waals surface area (Å²) in [7, 11) is -3.33. The number of aromatic nitrogens is 1. The summed E-state index contributed by atoms with van der Waals surface area (Å²) in [5.74, 6) is 0. The lowest BCUT2D eigenvalue weighted by molar-refractivity contribution is 0.326. The topological polar surface area (TPSA) is 59.2 Å². The van der Waals surface area contributed by atoms with Crippen LogP contribution in [0.4, 0.5) is 0 Å². The number of aromatic amines is 1. The van der Waals surface area contributed by atoms with E-state index in [1.54, 1.807) is 0 Å². The monoisotopic (exact) mass is 239 g/mol. The summed E-state index contributed by atoms with van der Waals surface area (Å²) in [4.78, 5) is 3.11. The number of nitrogens with one attached hydrogen (secondary N) is 1. The van der Waals surface area contributed by atoms with Gasteiger partial charge in [-0.1, -0.05) is 12.1 Å². The lowest BCUT2D eigenvalue weighted by Gasteiger charge is -2.02. The highest BCUT2D eigenvalue weighted by atomic mass is 32.2. The van der Waals surface area contributed by atoms with Gasteiger partial charge in [0.15, 0.2) is 0 Å². The van der Waals surface area contributed by atoms with E-state index in [1.807, 2.05) is 30.5 Å². The third-order valence-electron chi connectivity index (χ3n) is 2.31. The van der Waals surface area contributed by atoms with Crippen molar-refractivity contribution in [2.24, 2.45) is 0 Å². The summed E-state index contributed by atoms with van der Waals surface area (Å²) in [6, 6.07) is 7.97. The van der Waals surface area contributed by atoms with Gasteiger partial charge in [-0.05, 0) is 29.5 Å². The van der Waals surface area contributed by atoms with Gasteiger partial charge in [0, 0.05) is 11.7 Å². The van der Waals surface area contributed by atoms with Crippen LogP contribution in [0.15, 0.2) is 30.5 Å². The molecular formula is C11H13NO3S. The van der Waals surface area contributed by atoms with Gasteiger partial charge in [-0.15, -0.1) is 0 Å². The molecule has 0 aliphatic carbocycles. The van der Waals surface area contributed by atoms with Crippen LogP contribution in [0.5, 0.6) is 0 Å². The van der Waals surface area contributed by atoms with E-state index in [-0.39, 0.29) is 6.61 Å². The molecule has 0 aliphatic heterocycles. The predicted molar refractivity (Wildman–Crippen MR) is 62.8 cm³/mol. The van der Waals surface area contributed by atoms with Crippen LogP contribution < -0.4 is 0 Å². The number of H-pyrrole nitrogens is 1. The van der Waals surface area contributed by atoms with E-state index in [4.69, 9.17) is 0 Å². The molecule has 5 heteroatoms. The summed E-state index contributed by atoms with van der Waals surface area (Å²) >= 11 is 0. The maximum absolute atomic E-state index is 10.8. The van der Waals surface area contributed by atoms with E-state index in [2.05, 4.69) is 9.17 Å². The highest BCUT2D eigenvalue weighted by Gasteiger charge is 2.02. The minimum atomic E-state index is -3.33. The molecule has 0 amide bonds. The van der Waals surface area contributed by atoms with E-state index in [9.17, 15) is 8.42 Å². The zero-order valence-corrected chi connectivity index (χ0v) is 9.75. The Hall–Kier alpha value is -1.33. The molecule has 0 aliphatic rings. The molecular weight excluding hydrogens is 226 g/mol. The average molecular weight is 239 g/mol. The van der Waals surface area contributed by atoms with E-state index in [0.29, 0.717) is 6.42 Å². The van der Waals surface area contributed by atoms with Crippen LogP contribution in [0.25, 0.3) is 10.9 Å². The summed E-state index contributed by atoms with van der Waals surface area (Å²) in [5.41, 5.74) is 2.11. The molecule has 1 aromatic heterocycles. The second-order valence-corrected chi connectivity index (χ2v) is 5.32. The molecule has 1 N–H and O–H groups in total. The maximum Gasteiger partial charge on any atom is 0.264 e. The fourth-order valence-corrected chi connectivity index (χ4v) is 1.95. The van der Waals surface area contributed by atoms with Gasteiger partial charge in [-0.3, -0.25) is 4.18 Å². The van der Waals surface area contributed by atoms with E-state index >= 15 is 0 Å². The average Bonchev–Trinajstić information content (AvgIpc) is 2.62. The van der Waals surface area contributed by atoms with Gasteiger partial charge in [0.1, 0.15) is 0 Å². The number of fused-ring (bicyclic) bond motifs is 1. The van der Waals surface area contributed by atoms with Crippen molar-refractivity contribution in [2.75, 3.05) is 12.9 Å². The molecule has 2 rings (SSSR count). The summed E-state index contributed by atoms with van der Waals surface area (Å²) in [5, 5.41) is 1.15. The van der Waals surface area contributed by atoms with Crippen molar-refractivity contribution < 1.29 is 12.6 Å². The van der Waals surface area contributed by atoms with Crippen LogP contribution in [-0.2, 0) is 20.7 Å². The molecule has 86 valence electrons. The Morgan fingerprint density at radius 3 is 2.88 bits per heavy atom. The fourth-order valence-electron chi connectivity index (χ4n) is 1.56. The van der Waals surface area contributed by atoms with Crippen LogP contribution in [0.2, 0.25) is 0 Å². The zero-order valence-electron chi connectivity index (χ0n) is 8.93. The van der Waals surface area contributed by atoms with Crippen molar-refractivity contribution in [2.45, 2.75) is 6.42 Å². The smallest absolute Gasteiger partial charge is 0.264 e. The van der Waals surface area contributed by atoms with Gasteiger partial charge in [0.2, 0.25) is 0 Å². The maximum atomic E-state index is 10.8. The first-order valence-corrected chi connectivity index (χ1v) is 6.77. The third-order valence-corrected chi connectivity index (χ3v) is 2.90. The predicted octanol–water partition coefficient (Wildman–Crippen LogP) is 1.69. The molecule has 0 bridgehead atoms. The van der Waals surface area contributed by atoms with Crippen LogP contribution >= 0.6 is 0 Å². The van der Waals surface area contributed by atoms with Crippen molar-refractivity contribution in [3.63, 3.8) is 0 Å². The van der Waals surface area contributed by atoms with Gasteiger partial charge in [-0.2, -0.15) is 8.42 Å². The highest BCUT2D eigenvalue weighted by Crippen LogP contribution is 2.14. The van der Waals surface area contributed by atoms with Crippen LogP contribution in [0.3, 0.4) is 0 Å².